The summed E-state index contributed by atoms with van der Waals surface area (Å²) in [5.41, 5.74) is -2.34. The number of thiol groups is 1. The lowest BCUT2D eigenvalue weighted by Crippen LogP contribution is -2.28. The van der Waals surface area contributed by atoms with Crippen molar-refractivity contribution in [2.45, 2.75) is 27.7 Å². The predicted octanol–water partition coefficient (Wildman–Crippen LogP) is 3.92. The molecule has 1 aliphatic rings. The fourth-order valence-electron chi connectivity index (χ4n) is 0.681. The van der Waals surface area contributed by atoms with Crippen LogP contribution in [0.15, 0.2) is 0 Å². The molecule has 2 N–H and O–H groups in total. The molecule has 144 valence electrons. The summed E-state index contributed by atoms with van der Waals surface area (Å²) in [6, 6.07) is 0. The van der Waals surface area contributed by atoms with E-state index in [-0.39, 0.29) is 24.0 Å². The van der Waals surface area contributed by atoms with Crippen molar-refractivity contribution in [3.8, 4) is 0 Å². The summed E-state index contributed by atoms with van der Waals surface area (Å²) in [4.78, 5) is 0. The maximum Gasteiger partial charge on any atom is 0.244 e. The molecule has 0 aromatic carbocycles. The van der Waals surface area contributed by atoms with Gasteiger partial charge in [-0.15, -0.1) is 0 Å². The SMILES string of the molecule is CC(C)(CO)CO.CC1(C)COP(=S)(S)OC1.S=PP=S=S=S=S. The van der Waals surface area contributed by atoms with Crippen LogP contribution in [0.1, 0.15) is 27.7 Å². The number of hydrogen-bond acceptors (Lipinski definition) is 7. The molecule has 0 aromatic rings. The first kappa shape index (κ1) is 28.7. The van der Waals surface area contributed by atoms with Gasteiger partial charge < -0.3 is 19.3 Å². The van der Waals surface area contributed by atoms with Gasteiger partial charge in [-0.25, -0.2) is 0 Å². The molecule has 0 unspecified atom stereocenters. The van der Waals surface area contributed by atoms with Gasteiger partial charge in [0.25, 0.3) is 0 Å². The smallest absolute Gasteiger partial charge is 0.244 e. The summed E-state index contributed by atoms with van der Waals surface area (Å²) in [5, 5.41) is 16.9. The summed E-state index contributed by atoms with van der Waals surface area (Å²) in [7, 11) is 6.83. The maximum atomic E-state index is 8.43. The average molecular weight is 525 g/mol. The molecule has 1 rings (SSSR count). The normalized spacial score (nSPS) is 18.5. The Morgan fingerprint density at radius 3 is 1.96 bits per heavy atom. The van der Waals surface area contributed by atoms with Crippen molar-refractivity contribution in [2.75, 3.05) is 26.4 Å². The zero-order valence-corrected chi connectivity index (χ0v) is 22.3. The molecule has 0 spiro atoms. The minimum absolute atomic E-state index is 0.0451. The van der Waals surface area contributed by atoms with E-state index in [1.165, 1.54) is 15.9 Å². The molecule has 0 aromatic heterocycles. The van der Waals surface area contributed by atoms with Gasteiger partial charge in [-0.1, -0.05) is 39.9 Å². The Kier molecular flexibility index (Phi) is 18.5. The molecule has 0 atom stereocenters. The fourth-order valence-corrected chi connectivity index (χ4v) is 12.0. The Morgan fingerprint density at radius 2 is 1.71 bits per heavy atom. The van der Waals surface area contributed by atoms with Crippen LogP contribution in [-0.2, 0) is 71.1 Å². The standard InChI is InChI=1S/C5H11O2PS2.C5H12O2.P2S5/c1-5(2)3-6-8(9,10)7-4-5;1-5(2,3-6)4-7;3-1-2-5-7-6-4/h3-4H2,1-2H3,(H,9,10);6-7H,3-4H2,1-2H3;. The second kappa shape index (κ2) is 15.5. The second-order valence-electron chi connectivity index (χ2n) is 6.03. The Labute approximate surface area is 177 Å². The first-order valence-corrected chi connectivity index (χ1v) is 18.7. The van der Waals surface area contributed by atoms with E-state index in [9.17, 15) is 0 Å². The molecule has 0 bridgehead atoms. The Morgan fingerprint density at radius 1 is 1.25 bits per heavy atom. The molecule has 0 amide bonds. The predicted molar refractivity (Wildman–Crippen MR) is 128 cm³/mol. The number of hydrogen-bond donors (Lipinski definition) is 3. The van der Waals surface area contributed by atoms with Gasteiger partial charge in [-0.05, 0) is 62.1 Å². The van der Waals surface area contributed by atoms with Crippen LogP contribution in [0.3, 0.4) is 0 Å². The van der Waals surface area contributed by atoms with Crippen molar-refractivity contribution in [3.05, 3.63) is 0 Å². The van der Waals surface area contributed by atoms with E-state index < -0.39 is 5.69 Å². The number of aliphatic hydroxyl groups is 2. The second-order valence-corrected chi connectivity index (χ2v) is 21.0. The van der Waals surface area contributed by atoms with E-state index in [1.807, 2.05) is 0 Å². The fraction of sp³-hybridized carbons (Fsp3) is 1.00. The summed E-state index contributed by atoms with van der Waals surface area (Å²) in [6.45, 7) is 9.17. The van der Waals surface area contributed by atoms with E-state index >= 15 is 0 Å². The average Bonchev–Trinajstić information content (AvgIpc) is 2.53. The lowest BCUT2D eigenvalue weighted by Gasteiger charge is -2.33. The molecule has 4 nitrogen and oxygen atoms in total. The van der Waals surface area contributed by atoms with Gasteiger partial charge in [0.1, 0.15) is 0 Å². The highest BCUT2D eigenvalue weighted by Gasteiger charge is 2.30. The highest BCUT2D eigenvalue weighted by Crippen LogP contribution is 2.57. The Hall–Kier alpha value is 2.54. The van der Waals surface area contributed by atoms with Gasteiger partial charge >= 0.3 is 0 Å². The number of aliphatic hydroxyl groups excluding tert-OH is 2. The van der Waals surface area contributed by atoms with Crippen LogP contribution >= 0.6 is 32.0 Å². The van der Waals surface area contributed by atoms with Gasteiger partial charge in [0.05, 0.1) is 26.4 Å². The highest BCUT2D eigenvalue weighted by atomic mass is 33.3. The third-order valence-electron chi connectivity index (χ3n) is 2.22. The molecule has 1 heterocycles. The molecular formula is C10H23O4P3S7. The lowest BCUT2D eigenvalue weighted by molar-refractivity contribution is 0.0674. The van der Waals surface area contributed by atoms with Crippen LogP contribution in [0.25, 0.3) is 0 Å². The minimum Gasteiger partial charge on any atom is -0.396 e. The van der Waals surface area contributed by atoms with Gasteiger partial charge in [-0.3, -0.25) is 0 Å². The molecular weight excluding hydrogens is 501 g/mol. The molecule has 0 aliphatic carbocycles. The van der Waals surface area contributed by atoms with Gasteiger partial charge in [0.2, 0.25) is 5.69 Å². The van der Waals surface area contributed by atoms with Crippen molar-refractivity contribution in [2.24, 2.45) is 10.8 Å². The quantitative estimate of drug-likeness (QED) is 0.382. The maximum absolute atomic E-state index is 8.43. The highest BCUT2D eigenvalue weighted by molar-refractivity contribution is 8.63. The van der Waals surface area contributed by atoms with Crippen LogP contribution < -0.4 is 0 Å². The molecule has 24 heavy (non-hydrogen) atoms. The van der Waals surface area contributed by atoms with Crippen molar-refractivity contribution in [3.63, 3.8) is 0 Å². The van der Waals surface area contributed by atoms with Crippen LogP contribution in [0.5, 0.6) is 0 Å². The van der Waals surface area contributed by atoms with Gasteiger partial charge in [0, 0.05) is 24.9 Å². The Balaban J connectivity index is 0. The van der Waals surface area contributed by atoms with E-state index in [2.05, 4.69) is 49.1 Å². The summed E-state index contributed by atoms with van der Waals surface area (Å²) < 4.78 is 10.5. The molecule has 14 heteroatoms. The lowest BCUT2D eigenvalue weighted by atomic mass is 9.97. The summed E-state index contributed by atoms with van der Waals surface area (Å²) >= 11 is 18.2. The van der Waals surface area contributed by atoms with E-state index in [0.717, 1.165) is 7.04 Å². The van der Waals surface area contributed by atoms with Crippen molar-refractivity contribution in [1.29, 1.82) is 0 Å². The van der Waals surface area contributed by atoms with Crippen LogP contribution in [0.2, 0.25) is 0 Å². The molecule has 1 saturated heterocycles. The topological polar surface area (TPSA) is 58.9 Å². The van der Waals surface area contributed by atoms with Crippen LogP contribution in [0, 0.1) is 10.8 Å². The molecule has 0 saturated carbocycles. The molecule has 1 aliphatic heterocycles. The third kappa shape index (κ3) is 19.3. The molecule has 1 fully saturated rings. The van der Waals surface area contributed by atoms with Gasteiger partial charge in [0.15, 0.2) is 0 Å². The zero-order valence-electron chi connectivity index (χ0n) is 13.8. The minimum atomic E-state index is -2.14. The van der Waals surface area contributed by atoms with E-state index in [1.54, 1.807) is 32.2 Å². The third-order valence-corrected chi connectivity index (χ3v) is 14.4. The summed E-state index contributed by atoms with van der Waals surface area (Å²) in [5.74, 6) is 0. The zero-order chi connectivity index (χ0) is 19.3. The summed E-state index contributed by atoms with van der Waals surface area (Å²) in [6.07, 6.45) is 0. The van der Waals surface area contributed by atoms with Crippen LogP contribution in [0.4, 0.5) is 0 Å². The number of rotatable bonds is 3. The monoisotopic (exact) mass is 524 g/mol. The van der Waals surface area contributed by atoms with Crippen molar-refractivity contribution in [1.82, 2.24) is 0 Å². The van der Waals surface area contributed by atoms with E-state index in [4.69, 9.17) is 31.1 Å². The Bertz CT molecular complexity index is 533. The van der Waals surface area contributed by atoms with Crippen molar-refractivity contribution < 1.29 is 19.3 Å². The first-order valence-electron chi connectivity index (χ1n) is 6.44. The largest absolute Gasteiger partial charge is 0.396 e. The molecule has 0 radical (unpaired) electrons. The first-order chi connectivity index (χ1) is 10.9. The van der Waals surface area contributed by atoms with Gasteiger partial charge in [-0.2, -0.15) is 0 Å². The van der Waals surface area contributed by atoms with Crippen LogP contribution in [-0.4, -0.2) is 36.6 Å². The van der Waals surface area contributed by atoms with Crippen molar-refractivity contribution >= 4 is 94.1 Å². The van der Waals surface area contributed by atoms with E-state index in [0.29, 0.717) is 13.2 Å².